The molecule has 0 spiro atoms. The molecule has 5 nitrogen and oxygen atoms in total. The zero-order valence-electron chi connectivity index (χ0n) is 12.2. The summed E-state index contributed by atoms with van der Waals surface area (Å²) in [7, 11) is 3.04. The van der Waals surface area contributed by atoms with Crippen LogP contribution in [0, 0.1) is 0 Å². The van der Waals surface area contributed by atoms with Gasteiger partial charge in [0.15, 0.2) is 0 Å². The molecule has 0 aliphatic carbocycles. The highest BCUT2D eigenvalue weighted by molar-refractivity contribution is 6.46. The van der Waals surface area contributed by atoms with Gasteiger partial charge in [-0.1, -0.05) is 23.2 Å². The standard InChI is InChI=1S/C15H14Cl2N2O3/c1-21-7-12(20)19-5-8-4-18-15-9(10(8)6-19)3-11(22-2)13(16)14(15)17/h3-4H,5-7H2,1-2H3. The third-order valence-corrected chi connectivity index (χ3v) is 4.60. The van der Waals surface area contributed by atoms with Gasteiger partial charge < -0.3 is 14.4 Å². The largest absolute Gasteiger partial charge is 0.495 e. The maximum atomic E-state index is 12.0. The summed E-state index contributed by atoms with van der Waals surface area (Å²) in [6.45, 7) is 1.08. The Balaban J connectivity index is 2.10. The quantitative estimate of drug-likeness (QED) is 0.861. The lowest BCUT2D eigenvalue weighted by Crippen LogP contribution is -2.28. The maximum Gasteiger partial charge on any atom is 0.249 e. The minimum absolute atomic E-state index is 0.0566. The van der Waals surface area contributed by atoms with Crippen LogP contribution in [0.5, 0.6) is 5.75 Å². The molecule has 1 aromatic carbocycles. The van der Waals surface area contributed by atoms with Gasteiger partial charge in [-0.15, -0.1) is 0 Å². The molecule has 0 bridgehead atoms. The lowest BCUT2D eigenvalue weighted by Gasteiger charge is -2.14. The molecule has 0 saturated carbocycles. The molecular formula is C15H14Cl2N2O3. The lowest BCUT2D eigenvalue weighted by atomic mass is 10.1. The van der Waals surface area contributed by atoms with Gasteiger partial charge in [0.2, 0.25) is 5.91 Å². The number of rotatable bonds is 3. The van der Waals surface area contributed by atoms with Crippen molar-refractivity contribution in [1.29, 1.82) is 0 Å². The summed E-state index contributed by atoms with van der Waals surface area (Å²) in [4.78, 5) is 18.1. The number of fused-ring (bicyclic) bond motifs is 3. The van der Waals surface area contributed by atoms with Gasteiger partial charge in [-0.2, -0.15) is 0 Å². The first-order chi connectivity index (χ1) is 10.6. The van der Waals surface area contributed by atoms with Crippen molar-refractivity contribution < 1.29 is 14.3 Å². The highest BCUT2D eigenvalue weighted by Gasteiger charge is 2.26. The molecule has 0 unspecified atom stereocenters. The first-order valence-electron chi connectivity index (χ1n) is 6.66. The van der Waals surface area contributed by atoms with Crippen LogP contribution in [0.3, 0.4) is 0 Å². The molecule has 3 rings (SSSR count). The number of halogens is 2. The lowest BCUT2D eigenvalue weighted by molar-refractivity contribution is -0.135. The van der Waals surface area contributed by atoms with Crippen LogP contribution in [0.15, 0.2) is 12.3 Å². The summed E-state index contributed by atoms with van der Waals surface area (Å²) in [5, 5.41) is 1.56. The summed E-state index contributed by atoms with van der Waals surface area (Å²) in [6.07, 6.45) is 1.74. The molecule has 0 fully saturated rings. The first kappa shape index (κ1) is 15.3. The Morgan fingerprint density at radius 2 is 2.09 bits per heavy atom. The number of ether oxygens (including phenoxy) is 2. The topological polar surface area (TPSA) is 51.7 Å². The van der Waals surface area contributed by atoms with Crippen LogP contribution in [-0.2, 0) is 22.6 Å². The summed E-state index contributed by atoms with van der Waals surface area (Å²) in [6, 6.07) is 1.82. The average Bonchev–Trinajstić information content (AvgIpc) is 2.95. The molecule has 1 amide bonds. The van der Waals surface area contributed by atoms with Gasteiger partial charge in [0.1, 0.15) is 17.4 Å². The smallest absolute Gasteiger partial charge is 0.249 e. The monoisotopic (exact) mass is 340 g/mol. The van der Waals surface area contributed by atoms with Crippen LogP contribution in [0.4, 0.5) is 0 Å². The molecule has 1 aliphatic heterocycles. The Hall–Kier alpha value is -1.56. The minimum atomic E-state index is -0.0566. The van der Waals surface area contributed by atoms with Crippen molar-refractivity contribution in [3.05, 3.63) is 33.4 Å². The normalized spacial score (nSPS) is 13.5. The van der Waals surface area contributed by atoms with E-state index in [1.54, 1.807) is 11.1 Å². The molecule has 2 aromatic rings. The van der Waals surface area contributed by atoms with E-state index in [1.165, 1.54) is 14.2 Å². The van der Waals surface area contributed by atoms with E-state index in [4.69, 9.17) is 32.7 Å². The van der Waals surface area contributed by atoms with Gasteiger partial charge in [0.05, 0.1) is 17.6 Å². The Kier molecular flexibility index (Phi) is 4.12. The van der Waals surface area contributed by atoms with E-state index < -0.39 is 0 Å². The number of pyridine rings is 1. The summed E-state index contributed by atoms with van der Waals surface area (Å²) < 4.78 is 10.2. The van der Waals surface area contributed by atoms with Crippen LogP contribution in [0.1, 0.15) is 11.1 Å². The Morgan fingerprint density at radius 1 is 1.32 bits per heavy atom. The van der Waals surface area contributed by atoms with Crippen molar-refractivity contribution in [2.45, 2.75) is 13.1 Å². The Morgan fingerprint density at radius 3 is 2.77 bits per heavy atom. The third-order valence-electron chi connectivity index (χ3n) is 3.76. The average molecular weight is 341 g/mol. The van der Waals surface area contributed by atoms with E-state index in [0.717, 1.165) is 16.5 Å². The second kappa shape index (κ2) is 5.91. The second-order valence-corrected chi connectivity index (χ2v) is 5.80. The van der Waals surface area contributed by atoms with E-state index in [2.05, 4.69) is 4.98 Å². The molecule has 0 saturated heterocycles. The van der Waals surface area contributed by atoms with E-state index in [9.17, 15) is 4.79 Å². The van der Waals surface area contributed by atoms with Gasteiger partial charge in [-0.25, -0.2) is 0 Å². The first-order valence-corrected chi connectivity index (χ1v) is 7.41. The number of nitrogens with zero attached hydrogens (tertiary/aromatic N) is 2. The zero-order valence-corrected chi connectivity index (χ0v) is 13.7. The number of carbonyl (C=O) groups is 1. The van der Waals surface area contributed by atoms with Crippen LogP contribution in [0.2, 0.25) is 10.0 Å². The van der Waals surface area contributed by atoms with Crippen molar-refractivity contribution >= 4 is 40.0 Å². The molecule has 0 atom stereocenters. The van der Waals surface area contributed by atoms with Crippen LogP contribution in [-0.4, -0.2) is 36.6 Å². The van der Waals surface area contributed by atoms with Gasteiger partial charge in [-0.3, -0.25) is 9.78 Å². The molecule has 2 heterocycles. The minimum Gasteiger partial charge on any atom is -0.495 e. The fraction of sp³-hybridized carbons (Fsp3) is 0.333. The molecule has 116 valence electrons. The predicted molar refractivity (Wildman–Crippen MR) is 84.4 cm³/mol. The van der Waals surface area contributed by atoms with Gasteiger partial charge in [0, 0.05) is 31.8 Å². The molecule has 7 heteroatoms. The van der Waals surface area contributed by atoms with Gasteiger partial charge >= 0.3 is 0 Å². The Bertz CT molecular complexity index is 764. The summed E-state index contributed by atoms with van der Waals surface area (Å²) in [5.74, 6) is 0.440. The third kappa shape index (κ3) is 2.39. The van der Waals surface area contributed by atoms with E-state index in [0.29, 0.717) is 34.4 Å². The van der Waals surface area contributed by atoms with Crippen LogP contribution >= 0.6 is 23.2 Å². The molecule has 1 aromatic heterocycles. The van der Waals surface area contributed by atoms with Crippen LogP contribution in [0.25, 0.3) is 10.9 Å². The number of hydrogen-bond acceptors (Lipinski definition) is 4. The highest BCUT2D eigenvalue weighted by Crippen LogP contribution is 2.40. The van der Waals surface area contributed by atoms with Crippen molar-refractivity contribution in [3.8, 4) is 5.75 Å². The number of amides is 1. The maximum absolute atomic E-state index is 12.0. The molecule has 22 heavy (non-hydrogen) atoms. The van der Waals surface area contributed by atoms with Crippen molar-refractivity contribution in [3.63, 3.8) is 0 Å². The van der Waals surface area contributed by atoms with Crippen molar-refractivity contribution in [2.24, 2.45) is 0 Å². The molecule has 1 aliphatic rings. The second-order valence-electron chi connectivity index (χ2n) is 5.05. The zero-order chi connectivity index (χ0) is 15.9. The van der Waals surface area contributed by atoms with E-state index in [1.807, 2.05) is 6.07 Å². The fourth-order valence-corrected chi connectivity index (χ4v) is 3.12. The van der Waals surface area contributed by atoms with Crippen LogP contribution < -0.4 is 4.74 Å². The molecular weight excluding hydrogens is 327 g/mol. The number of hydrogen-bond donors (Lipinski definition) is 0. The van der Waals surface area contributed by atoms with Gasteiger partial charge in [0.25, 0.3) is 0 Å². The number of aromatic nitrogens is 1. The summed E-state index contributed by atoms with van der Waals surface area (Å²) in [5.41, 5.74) is 2.64. The van der Waals surface area contributed by atoms with Crippen molar-refractivity contribution in [2.75, 3.05) is 20.8 Å². The molecule has 0 N–H and O–H groups in total. The molecule has 0 radical (unpaired) electrons. The van der Waals surface area contributed by atoms with E-state index >= 15 is 0 Å². The summed E-state index contributed by atoms with van der Waals surface area (Å²) >= 11 is 12.5. The fourth-order valence-electron chi connectivity index (χ4n) is 2.66. The number of carbonyl (C=O) groups excluding carboxylic acids is 1. The van der Waals surface area contributed by atoms with Gasteiger partial charge in [-0.05, 0) is 17.2 Å². The highest BCUT2D eigenvalue weighted by atomic mass is 35.5. The number of methoxy groups -OCH3 is 2. The van der Waals surface area contributed by atoms with Crippen molar-refractivity contribution in [1.82, 2.24) is 9.88 Å². The van der Waals surface area contributed by atoms with E-state index in [-0.39, 0.29) is 12.5 Å². The number of benzene rings is 1. The predicted octanol–water partition coefficient (Wildman–Crippen LogP) is 3.04. The Labute approximate surface area is 137 Å². The SMILES string of the molecule is COCC(=O)N1Cc2cnc3c(Cl)c(Cl)c(OC)cc3c2C1.